The molecule has 0 aliphatic heterocycles. The third kappa shape index (κ3) is 2.20. The average molecular weight is 233 g/mol. The molecule has 1 rings (SSSR count). The van der Waals surface area contributed by atoms with Crippen LogP contribution in [-0.2, 0) is 0 Å². The van der Waals surface area contributed by atoms with Gasteiger partial charge in [0.05, 0.1) is 4.47 Å². The van der Waals surface area contributed by atoms with Crippen molar-refractivity contribution in [1.29, 1.82) is 0 Å². The number of amides is 1. The molecule has 0 saturated heterocycles. The van der Waals surface area contributed by atoms with Gasteiger partial charge in [-0.1, -0.05) is 0 Å². The minimum Gasteiger partial charge on any atom is -0.530 e. The summed E-state index contributed by atoms with van der Waals surface area (Å²) in [5.74, 6) is -0.527. The van der Waals surface area contributed by atoms with Crippen molar-refractivity contribution in [1.82, 2.24) is 0 Å². The molecule has 0 heterocycles. The molecule has 0 saturated carbocycles. The Bertz CT molecular complexity index is 316. The maximum Gasteiger partial charge on any atom is 0.139 e. The van der Waals surface area contributed by atoms with Crippen LogP contribution in [0, 0.1) is 5.82 Å². The Balaban J connectivity index is 2.89. The number of rotatable bonds is 1. The molecule has 1 N–H and O–H groups in total. The maximum atomic E-state index is 12.7. The van der Waals surface area contributed by atoms with Crippen LogP contribution in [0.25, 0.3) is 0 Å². The molecule has 0 fully saturated rings. The summed E-state index contributed by atoms with van der Waals surface area (Å²) in [6.45, 7) is 0. The Hall–Kier alpha value is -1.10. The number of halogens is 2. The summed E-state index contributed by atoms with van der Waals surface area (Å²) >= 11 is 2.93. The first kappa shape index (κ1) is 8.99. The molecule has 0 atom stereocenters. The highest BCUT2D eigenvalue weighted by Gasteiger charge is 1.99. The molecule has 0 spiro atoms. The Morgan fingerprint density at radius 2 is 2.25 bits per heavy atom. The largest absolute Gasteiger partial charge is 0.530 e. The molecular formula is C7H4BrFNO2-. The van der Waals surface area contributed by atoms with E-state index in [0.717, 1.165) is 6.07 Å². The number of hydrogen-bond acceptors (Lipinski definition) is 2. The molecule has 0 bridgehead atoms. The van der Waals surface area contributed by atoms with Gasteiger partial charge in [0.15, 0.2) is 0 Å². The van der Waals surface area contributed by atoms with E-state index in [-0.39, 0.29) is 10.2 Å². The predicted molar refractivity (Wildman–Crippen MR) is 43.1 cm³/mol. The SMILES string of the molecule is O=C([O-])Nc1ccc(Br)c(F)c1. The summed E-state index contributed by atoms with van der Waals surface area (Å²) in [5.41, 5.74) is 0.149. The zero-order valence-electron chi connectivity index (χ0n) is 5.80. The van der Waals surface area contributed by atoms with Gasteiger partial charge in [0.2, 0.25) is 0 Å². The monoisotopic (exact) mass is 232 g/mol. The van der Waals surface area contributed by atoms with E-state index in [4.69, 9.17) is 0 Å². The first-order valence-electron chi connectivity index (χ1n) is 3.02. The standard InChI is InChI=1S/C7H5BrFNO2/c8-5-2-1-4(3-6(5)9)10-7(11)12/h1-3,10H,(H,11,12)/p-1. The summed E-state index contributed by atoms with van der Waals surface area (Å²) in [7, 11) is 0. The molecule has 5 heteroatoms. The van der Waals surface area contributed by atoms with Gasteiger partial charge in [-0.05, 0) is 34.1 Å². The molecular weight excluding hydrogens is 229 g/mol. The highest BCUT2D eigenvalue weighted by Crippen LogP contribution is 2.18. The van der Waals surface area contributed by atoms with Crippen LogP contribution in [0.1, 0.15) is 0 Å². The average Bonchev–Trinajstić information content (AvgIpc) is 1.96. The van der Waals surface area contributed by atoms with Gasteiger partial charge in [0.25, 0.3) is 0 Å². The second-order valence-electron chi connectivity index (χ2n) is 2.04. The zero-order chi connectivity index (χ0) is 9.14. The van der Waals surface area contributed by atoms with Gasteiger partial charge in [-0.25, -0.2) is 4.39 Å². The van der Waals surface area contributed by atoms with Crippen molar-refractivity contribution in [2.45, 2.75) is 0 Å². The van der Waals surface area contributed by atoms with Crippen LogP contribution in [-0.4, -0.2) is 6.09 Å². The topological polar surface area (TPSA) is 52.2 Å². The minimum absolute atomic E-state index is 0.149. The van der Waals surface area contributed by atoms with Crippen LogP contribution >= 0.6 is 15.9 Å². The molecule has 0 aliphatic rings. The van der Waals surface area contributed by atoms with Crippen LogP contribution in [0.4, 0.5) is 14.9 Å². The first-order chi connectivity index (χ1) is 5.59. The molecule has 0 unspecified atom stereocenters. The van der Waals surface area contributed by atoms with E-state index in [1.807, 2.05) is 5.32 Å². The molecule has 1 aromatic carbocycles. The third-order valence-electron chi connectivity index (χ3n) is 1.17. The zero-order valence-corrected chi connectivity index (χ0v) is 7.39. The van der Waals surface area contributed by atoms with E-state index in [1.54, 1.807) is 0 Å². The van der Waals surface area contributed by atoms with Crippen LogP contribution in [0.3, 0.4) is 0 Å². The van der Waals surface area contributed by atoms with Crippen molar-refractivity contribution in [3.05, 3.63) is 28.5 Å². The second-order valence-corrected chi connectivity index (χ2v) is 2.90. The van der Waals surface area contributed by atoms with E-state index < -0.39 is 11.9 Å². The van der Waals surface area contributed by atoms with E-state index >= 15 is 0 Å². The normalized spacial score (nSPS) is 9.50. The fraction of sp³-hybridized carbons (Fsp3) is 0. The number of benzene rings is 1. The van der Waals surface area contributed by atoms with Crippen LogP contribution in [0.15, 0.2) is 22.7 Å². The maximum absolute atomic E-state index is 12.7. The second kappa shape index (κ2) is 3.53. The molecule has 0 aromatic heterocycles. The molecule has 0 radical (unpaired) electrons. The summed E-state index contributed by atoms with van der Waals surface area (Å²) in [6, 6.07) is 3.88. The Labute approximate surface area is 76.3 Å². The number of anilines is 1. The molecule has 0 aliphatic carbocycles. The van der Waals surface area contributed by atoms with Gasteiger partial charge < -0.3 is 15.2 Å². The number of nitrogens with one attached hydrogen (secondary N) is 1. The fourth-order valence-corrected chi connectivity index (χ4v) is 0.938. The quantitative estimate of drug-likeness (QED) is 0.795. The van der Waals surface area contributed by atoms with Gasteiger partial charge in [0, 0.05) is 5.69 Å². The van der Waals surface area contributed by atoms with E-state index in [9.17, 15) is 14.3 Å². The molecule has 3 nitrogen and oxygen atoms in total. The van der Waals surface area contributed by atoms with Gasteiger partial charge in [-0.15, -0.1) is 0 Å². The highest BCUT2D eigenvalue weighted by molar-refractivity contribution is 9.10. The summed E-state index contributed by atoms with van der Waals surface area (Å²) < 4.78 is 13.0. The van der Waals surface area contributed by atoms with E-state index in [1.165, 1.54) is 12.1 Å². The Morgan fingerprint density at radius 1 is 1.58 bits per heavy atom. The Morgan fingerprint density at radius 3 is 2.75 bits per heavy atom. The molecule has 64 valence electrons. The lowest BCUT2D eigenvalue weighted by atomic mass is 10.3. The highest BCUT2D eigenvalue weighted by atomic mass is 79.9. The van der Waals surface area contributed by atoms with Gasteiger partial charge in [0.1, 0.15) is 11.9 Å². The van der Waals surface area contributed by atoms with Crippen LogP contribution < -0.4 is 10.4 Å². The van der Waals surface area contributed by atoms with Gasteiger partial charge >= 0.3 is 0 Å². The van der Waals surface area contributed by atoms with Crippen LogP contribution in [0.2, 0.25) is 0 Å². The molecule has 12 heavy (non-hydrogen) atoms. The van der Waals surface area contributed by atoms with Gasteiger partial charge in [-0.3, -0.25) is 0 Å². The summed E-state index contributed by atoms with van der Waals surface area (Å²) in [6.07, 6.45) is -1.46. The molecule has 1 amide bonds. The lowest BCUT2D eigenvalue weighted by Crippen LogP contribution is -2.28. The van der Waals surface area contributed by atoms with E-state index in [2.05, 4.69) is 15.9 Å². The summed E-state index contributed by atoms with van der Waals surface area (Å²) in [4.78, 5) is 10.0. The first-order valence-corrected chi connectivity index (χ1v) is 3.82. The number of carbonyl (C=O) groups is 1. The summed E-state index contributed by atoms with van der Waals surface area (Å²) in [5, 5.41) is 11.9. The third-order valence-corrected chi connectivity index (χ3v) is 1.81. The van der Waals surface area contributed by atoms with Crippen molar-refractivity contribution >= 4 is 27.7 Å². The number of carboxylic acid groups (broad SMARTS) is 1. The fourth-order valence-electron chi connectivity index (χ4n) is 0.692. The van der Waals surface area contributed by atoms with E-state index in [0.29, 0.717) is 0 Å². The number of carbonyl (C=O) groups excluding carboxylic acids is 1. The van der Waals surface area contributed by atoms with Crippen molar-refractivity contribution in [2.75, 3.05) is 5.32 Å². The smallest absolute Gasteiger partial charge is 0.139 e. The Kier molecular flexibility index (Phi) is 2.65. The lowest BCUT2D eigenvalue weighted by molar-refractivity contribution is -0.242. The lowest BCUT2D eigenvalue weighted by Gasteiger charge is -2.06. The predicted octanol–water partition coefficient (Wildman–Crippen LogP) is 1.34. The minimum atomic E-state index is -1.46. The van der Waals surface area contributed by atoms with Crippen molar-refractivity contribution in [3.63, 3.8) is 0 Å². The van der Waals surface area contributed by atoms with Crippen LogP contribution in [0.5, 0.6) is 0 Å². The molecule has 1 aromatic rings. The van der Waals surface area contributed by atoms with Crippen molar-refractivity contribution in [2.24, 2.45) is 0 Å². The van der Waals surface area contributed by atoms with Crippen molar-refractivity contribution < 1.29 is 14.3 Å². The van der Waals surface area contributed by atoms with Gasteiger partial charge in [-0.2, -0.15) is 0 Å². The van der Waals surface area contributed by atoms with Crippen molar-refractivity contribution in [3.8, 4) is 0 Å². The number of hydrogen-bond donors (Lipinski definition) is 1.